The molecule has 2 N–H and O–H groups in total. The number of allylic oxidation sites excluding steroid dienone is 9. The molecular weight excluding hydrogens is 256 g/mol. The van der Waals surface area contributed by atoms with E-state index in [0.29, 0.717) is 24.1 Å². The molecule has 0 spiro atoms. The molecule has 0 fully saturated rings. The molecule has 3 heteroatoms. The van der Waals surface area contributed by atoms with Crippen LogP contribution in [0.15, 0.2) is 59.9 Å². The molecule has 20 heavy (non-hydrogen) atoms. The van der Waals surface area contributed by atoms with Crippen LogP contribution in [0.5, 0.6) is 0 Å². The summed E-state index contributed by atoms with van der Waals surface area (Å²) in [4.78, 5) is 0. The zero-order valence-corrected chi connectivity index (χ0v) is 12.0. The van der Waals surface area contributed by atoms with Crippen LogP contribution in [0.3, 0.4) is 0 Å². The summed E-state index contributed by atoms with van der Waals surface area (Å²) in [7, 11) is 0. The second-order valence-electron chi connectivity index (χ2n) is 4.33. The number of nitrogens with two attached hydrogens (primary N) is 1. The molecular formula is C17H21F2N. The lowest BCUT2D eigenvalue weighted by molar-refractivity contribution is 0.0658. The fourth-order valence-corrected chi connectivity index (χ4v) is 1.39. The number of halogens is 2. The molecule has 0 saturated heterocycles. The van der Waals surface area contributed by atoms with Crippen molar-refractivity contribution in [2.45, 2.75) is 32.6 Å². The van der Waals surface area contributed by atoms with E-state index in [9.17, 15) is 8.78 Å². The molecule has 108 valence electrons. The van der Waals surface area contributed by atoms with E-state index in [-0.39, 0.29) is 5.57 Å². The Morgan fingerprint density at radius 2 is 2.00 bits per heavy atom. The zero-order valence-electron chi connectivity index (χ0n) is 12.0. The molecule has 0 aliphatic carbocycles. The highest BCUT2D eigenvalue weighted by atomic mass is 19.3. The molecule has 0 amide bonds. The maximum absolute atomic E-state index is 13.6. The molecule has 0 aromatic rings. The first-order valence-electron chi connectivity index (χ1n) is 6.33. The second-order valence-corrected chi connectivity index (χ2v) is 4.33. The zero-order chi connectivity index (χ0) is 15.6. The molecule has 0 heterocycles. The van der Waals surface area contributed by atoms with Gasteiger partial charge in [-0.2, -0.15) is 0 Å². The highest BCUT2D eigenvalue weighted by molar-refractivity contribution is 5.38. The first-order chi connectivity index (χ1) is 9.32. The summed E-state index contributed by atoms with van der Waals surface area (Å²) in [5.74, 6) is -0.619. The van der Waals surface area contributed by atoms with Crippen LogP contribution in [0.4, 0.5) is 8.78 Å². The van der Waals surface area contributed by atoms with E-state index in [4.69, 9.17) is 12.2 Å². The highest BCUT2D eigenvalue weighted by Crippen LogP contribution is 2.30. The van der Waals surface area contributed by atoms with Crippen molar-refractivity contribution in [2.24, 2.45) is 5.73 Å². The minimum absolute atomic E-state index is 0.112. The van der Waals surface area contributed by atoms with Gasteiger partial charge in [-0.1, -0.05) is 43.7 Å². The number of hydrogen-bond donors (Lipinski definition) is 1. The van der Waals surface area contributed by atoms with Gasteiger partial charge in [-0.25, -0.2) is 8.78 Å². The van der Waals surface area contributed by atoms with Gasteiger partial charge in [0, 0.05) is 18.2 Å². The van der Waals surface area contributed by atoms with Crippen molar-refractivity contribution in [3.8, 4) is 12.3 Å². The lowest BCUT2D eigenvalue weighted by Crippen LogP contribution is -2.15. The van der Waals surface area contributed by atoms with Gasteiger partial charge in [-0.15, -0.1) is 6.42 Å². The molecule has 0 aliphatic rings. The van der Waals surface area contributed by atoms with Crippen LogP contribution in [0.1, 0.15) is 26.7 Å². The van der Waals surface area contributed by atoms with Crippen LogP contribution in [-0.4, -0.2) is 5.92 Å². The molecule has 0 radical (unpaired) electrons. The standard InChI is InChI=1S/C17H21F2N/c1-5-7-8-9-10-11-14(3)16(17(4,18)19)13-12-15(20)6-2/h1,7-10,12-13H,3,6,11,20H2,2,4H3/b8-7-,10-9-,15-12+,16-13+. The summed E-state index contributed by atoms with van der Waals surface area (Å²) < 4.78 is 27.1. The fraction of sp³-hybridized carbons (Fsp3) is 0.294. The number of alkyl halides is 2. The minimum atomic E-state index is -2.95. The molecule has 1 nitrogen and oxygen atoms in total. The summed E-state index contributed by atoms with van der Waals surface area (Å²) in [5.41, 5.74) is 6.41. The Balaban J connectivity index is 5.00. The predicted molar refractivity (Wildman–Crippen MR) is 82.1 cm³/mol. The smallest absolute Gasteiger partial charge is 0.270 e. The van der Waals surface area contributed by atoms with E-state index < -0.39 is 5.92 Å². The predicted octanol–water partition coefficient (Wildman–Crippen LogP) is 4.51. The first kappa shape index (κ1) is 17.9. The van der Waals surface area contributed by atoms with E-state index in [1.807, 2.05) is 6.92 Å². The summed E-state index contributed by atoms with van der Waals surface area (Å²) in [6, 6.07) is 0. The van der Waals surface area contributed by atoms with Crippen LogP contribution in [0, 0.1) is 12.3 Å². The van der Waals surface area contributed by atoms with Gasteiger partial charge in [0.1, 0.15) is 0 Å². The lowest BCUT2D eigenvalue weighted by Gasteiger charge is -2.16. The number of hydrogen-bond acceptors (Lipinski definition) is 1. The summed E-state index contributed by atoms with van der Waals surface area (Å²) in [6.45, 7) is 6.42. The van der Waals surface area contributed by atoms with Crippen molar-refractivity contribution in [1.82, 2.24) is 0 Å². The third-order valence-corrected chi connectivity index (χ3v) is 2.53. The summed E-state index contributed by atoms with van der Waals surface area (Å²) in [5, 5.41) is 0. The van der Waals surface area contributed by atoms with Gasteiger partial charge in [-0.3, -0.25) is 0 Å². The average molecular weight is 277 g/mol. The van der Waals surface area contributed by atoms with Crippen LogP contribution in [-0.2, 0) is 0 Å². The normalized spacial score (nSPS) is 13.9. The maximum atomic E-state index is 13.6. The van der Waals surface area contributed by atoms with E-state index in [2.05, 4.69) is 12.5 Å². The third kappa shape index (κ3) is 7.38. The topological polar surface area (TPSA) is 26.0 Å². The van der Waals surface area contributed by atoms with Crippen molar-refractivity contribution in [1.29, 1.82) is 0 Å². The van der Waals surface area contributed by atoms with Crippen LogP contribution in [0.2, 0.25) is 0 Å². The average Bonchev–Trinajstić information content (AvgIpc) is 2.36. The largest absolute Gasteiger partial charge is 0.402 e. The van der Waals surface area contributed by atoms with E-state index in [1.54, 1.807) is 18.2 Å². The molecule has 0 aliphatic heterocycles. The van der Waals surface area contributed by atoms with E-state index >= 15 is 0 Å². The monoisotopic (exact) mass is 277 g/mol. The quantitative estimate of drug-likeness (QED) is 0.537. The Hall–Kier alpha value is -2.08. The summed E-state index contributed by atoms with van der Waals surface area (Å²) in [6.07, 6.45) is 15.4. The third-order valence-electron chi connectivity index (χ3n) is 2.53. The van der Waals surface area contributed by atoms with Crippen molar-refractivity contribution >= 4 is 0 Å². The van der Waals surface area contributed by atoms with E-state index in [0.717, 1.165) is 6.92 Å². The molecule has 0 aromatic heterocycles. The van der Waals surface area contributed by atoms with Crippen molar-refractivity contribution < 1.29 is 8.78 Å². The van der Waals surface area contributed by atoms with Gasteiger partial charge in [0.2, 0.25) is 0 Å². The van der Waals surface area contributed by atoms with Gasteiger partial charge in [0.05, 0.1) is 0 Å². The fourth-order valence-electron chi connectivity index (χ4n) is 1.39. The minimum Gasteiger partial charge on any atom is -0.402 e. The van der Waals surface area contributed by atoms with Gasteiger partial charge >= 0.3 is 0 Å². The maximum Gasteiger partial charge on any atom is 0.270 e. The lowest BCUT2D eigenvalue weighted by atomic mass is 9.98. The Kier molecular flexibility index (Phi) is 8.00. The van der Waals surface area contributed by atoms with Crippen LogP contribution < -0.4 is 5.73 Å². The molecule has 0 unspecified atom stereocenters. The molecule has 0 atom stereocenters. The Morgan fingerprint density at radius 3 is 2.50 bits per heavy atom. The van der Waals surface area contributed by atoms with Crippen molar-refractivity contribution in [3.63, 3.8) is 0 Å². The van der Waals surface area contributed by atoms with Crippen LogP contribution in [0.25, 0.3) is 0 Å². The SMILES string of the molecule is C#C/C=C\C=C/CC(=C)/C(=C\C=C(\N)CC)C(C)(F)F. The number of terminal acetylenes is 1. The molecule has 0 saturated carbocycles. The molecule has 0 aromatic carbocycles. The number of rotatable bonds is 7. The highest BCUT2D eigenvalue weighted by Gasteiger charge is 2.28. The van der Waals surface area contributed by atoms with Crippen molar-refractivity contribution in [3.05, 3.63) is 59.9 Å². The first-order valence-corrected chi connectivity index (χ1v) is 6.33. The Bertz CT molecular complexity index is 480. The van der Waals surface area contributed by atoms with Gasteiger partial charge in [-0.05, 0) is 30.6 Å². The van der Waals surface area contributed by atoms with Gasteiger partial charge < -0.3 is 5.73 Å². The Labute approximate surface area is 120 Å². The molecule has 0 bridgehead atoms. The van der Waals surface area contributed by atoms with Gasteiger partial charge in [0.25, 0.3) is 5.92 Å². The van der Waals surface area contributed by atoms with Crippen LogP contribution >= 0.6 is 0 Å². The van der Waals surface area contributed by atoms with E-state index in [1.165, 1.54) is 18.2 Å². The van der Waals surface area contributed by atoms with Gasteiger partial charge in [0.15, 0.2) is 0 Å². The van der Waals surface area contributed by atoms with Crippen molar-refractivity contribution in [2.75, 3.05) is 0 Å². The Morgan fingerprint density at radius 1 is 1.35 bits per heavy atom. The second kappa shape index (κ2) is 8.92. The molecule has 0 rings (SSSR count). The summed E-state index contributed by atoms with van der Waals surface area (Å²) >= 11 is 0.